The fourth-order valence-corrected chi connectivity index (χ4v) is 3.91. The van der Waals surface area contributed by atoms with E-state index in [9.17, 15) is 9.18 Å². The molecule has 126 valence electrons. The van der Waals surface area contributed by atoms with E-state index < -0.39 is 0 Å². The summed E-state index contributed by atoms with van der Waals surface area (Å²) >= 11 is 1.30. The highest BCUT2D eigenvalue weighted by Gasteiger charge is 2.23. The van der Waals surface area contributed by atoms with Crippen molar-refractivity contribution in [3.8, 4) is 0 Å². The SMILES string of the molecule is COCc1c(C(=O)N(C)Cc2cnn(C)c2)sc2cccc(F)c12. The third kappa shape index (κ3) is 3.05. The zero-order valence-electron chi connectivity index (χ0n) is 13.7. The molecule has 2 heterocycles. The molecule has 0 aliphatic heterocycles. The smallest absolute Gasteiger partial charge is 0.264 e. The number of aryl methyl sites for hydroxylation is 1. The number of methoxy groups -OCH3 is 1. The van der Waals surface area contributed by atoms with Crippen LogP contribution >= 0.6 is 11.3 Å². The number of aromatic nitrogens is 2. The summed E-state index contributed by atoms with van der Waals surface area (Å²) in [7, 11) is 5.10. The average Bonchev–Trinajstić information content (AvgIpc) is 3.12. The van der Waals surface area contributed by atoms with Crippen LogP contribution in [0.2, 0.25) is 0 Å². The van der Waals surface area contributed by atoms with E-state index in [0.717, 1.165) is 10.3 Å². The van der Waals surface area contributed by atoms with E-state index in [1.807, 2.05) is 19.3 Å². The van der Waals surface area contributed by atoms with Crippen LogP contribution in [-0.2, 0) is 24.9 Å². The second-order valence-electron chi connectivity index (χ2n) is 5.64. The number of benzene rings is 1. The van der Waals surface area contributed by atoms with Crippen LogP contribution in [0.15, 0.2) is 30.6 Å². The summed E-state index contributed by atoms with van der Waals surface area (Å²) < 4.78 is 21.9. The normalized spacial score (nSPS) is 11.2. The Morgan fingerprint density at radius 2 is 2.25 bits per heavy atom. The number of hydrogen-bond acceptors (Lipinski definition) is 4. The maximum Gasteiger partial charge on any atom is 0.264 e. The van der Waals surface area contributed by atoms with Crippen molar-refractivity contribution in [3.63, 3.8) is 0 Å². The van der Waals surface area contributed by atoms with Gasteiger partial charge in [0, 0.05) is 55.2 Å². The zero-order valence-corrected chi connectivity index (χ0v) is 14.6. The molecule has 5 nitrogen and oxygen atoms in total. The quantitative estimate of drug-likeness (QED) is 0.712. The highest BCUT2D eigenvalue weighted by atomic mass is 32.1. The highest BCUT2D eigenvalue weighted by molar-refractivity contribution is 7.21. The van der Waals surface area contributed by atoms with Gasteiger partial charge in [-0.25, -0.2) is 4.39 Å². The van der Waals surface area contributed by atoms with Crippen LogP contribution in [0, 0.1) is 5.82 Å². The summed E-state index contributed by atoms with van der Waals surface area (Å²) in [4.78, 5) is 15.0. The van der Waals surface area contributed by atoms with Crippen LogP contribution in [0.3, 0.4) is 0 Å². The number of rotatable bonds is 5. The summed E-state index contributed by atoms with van der Waals surface area (Å²) in [6, 6.07) is 4.88. The number of hydrogen-bond donors (Lipinski definition) is 0. The van der Waals surface area contributed by atoms with E-state index in [1.54, 1.807) is 28.9 Å². The van der Waals surface area contributed by atoms with Gasteiger partial charge in [0.15, 0.2) is 0 Å². The minimum atomic E-state index is -0.329. The van der Waals surface area contributed by atoms with E-state index in [0.29, 0.717) is 22.4 Å². The van der Waals surface area contributed by atoms with E-state index in [-0.39, 0.29) is 18.3 Å². The first kappa shape index (κ1) is 16.6. The molecule has 7 heteroatoms. The lowest BCUT2D eigenvalue weighted by Gasteiger charge is -2.16. The van der Waals surface area contributed by atoms with E-state index >= 15 is 0 Å². The standard InChI is InChI=1S/C17H18FN3O2S/c1-20(8-11-7-19-21(2)9-11)17(22)16-12(10-23-3)15-13(18)5-4-6-14(15)24-16/h4-7,9H,8,10H2,1-3H3. The van der Waals surface area contributed by atoms with Crippen molar-refractivity contribution in [1.82, 2.24) is 14.7 Å². The molecule has 3 rings (SSSR count). The van der Waals surface area contributed by atoms with Gasteiger partial charge in [0.05, 0.1) is 17.7 Å². The fourth-order valence-electron chi connectivity index (χ4n) is 2.69. The molecule has 0 unspecified atom stereocenters. The molecule has 0 radical (unpaired) electrons. The predicted molar refractivity (Wildman–Crippen MR) is 91.5 cm³/mol. The lowest BCUT2D eigenvalue weighted by atomic mass is 10.1. The topological polar surface area (TPSA) is 47.4 Å². The van der Waals surface area contributed by atoms with Gasteiger partial charge in [-0.3, -0.25) is 9.48 Å². The van der Waals surface area contributed by atoms with Crippen molar-refractivity contribution >= 4 is 27.3 Å². The summed E-state index contributed by atoms with van der Waals surface area (Å²) in [6.07, 6.45) is 3.59. The molecular weight excluding hydrogens is 329 g/mol. The molecule has 1 aromatic carbocycles. The Bertz CT molecular complexity index is 887. The van der Waals surface area contributed by atoms with Gasteiger partial charge in [-0.1, -0.05) is 6.07 Å². The van der Waals surface area contributed by atoms with E-state index in [2.05, 4.69) is 5.10 Å². The second kappa shape index (κ2) is 6.70. The Morgan fingerprint density at radius 3 is 2.92 bits per heavy atom. The molecule has 0 aliphatic rings. The largest absolute Gasteiger partial charge is 0.380 e. The van der Waals surface area contributed by atoms with Crippen molar-refractivity contribution in [2.75, 3.05) is 14.2 Å². The summed E-state index contributed by atoms with van der Waals surface area (Å²) in [5, 5.41) is 4.58. The molecule has 0 fully saturated rings. The van der Waals surface area contributed by atoms with Crippen molar-refractivity contribution in [3.05, 3.63) is 52.4 Å². The second-order valence-corrected chi connectivity index (χ2v) is 6.69. The third-order valence-electron chi connectivity index (χ3n) is 3.77. The van der Waals surface area contributed by atoms with E-state index in [1.165, 1.54) is 24.5 Å². The number of carbonyl (C=O) groups is 1. The number of halogens is 1. The Labute approximate surface area is 143 Å². The molecule has 0 bridgehead atoms. The molecule has 0 spiro atoms. The molecule has 1 amide bonds. The Balaban J connectivity index is 1.96. The van der Waals surface area contributed by atoms with Crippen LogP contribution in [0.4, 0.5) is 4.39 Å². The van der Waals surface area contributed by atoms with Crippen molar-refractivity contribution in [2.45, 2.75) is 13.2 Å². The summed E-state index contributed by atoms with van der Waals surface area (Å²) in [5.74, 6) is -0.476. The third-order valence-corrected chi connectivity index (χ3v) is 4.96. The number of amides is 1. The maximum atomic E-state index is 14.2. The van der Waals surface area contributed by atoms with Crippen molar-refractivity contribution in [1.29, 1.82) is 0 Å². The van der Waals surface area contributed by atoms with Crippen LogP contribution in [0.1, 0.15) is 20.8 Å². The lowest BCUT2D eigenvalue weighted by molar-refractivity contribution is 0.0785. The van der Waals surface area contributed by atoms with Crippen LogP contribution in [0.5, 0.6) is 0 Å². The van der Waals surface area contributed by atoms with Gasteiger partial charge in [0.25, 0.3) is 5.91 Å². The first-order valence-electron chi connectivity index (χ1n) is 7.43. The first-order valence-corrected chi connectivity index (χ1v) is 8.24. The molecule has 0 aliphatic carbocycles. The maximum absolute atomic E-state index is 14.2. The molecule has 3 aromatic rings. The Kier molecular flexibility index (Phi) is 4.64. The van der Waals surface area contributed by atoms with Crippen LogP contribution in [0.25, 0.3) is 10.1 Å². The molecule has 2 aromatic heterocycles. The highest BCUT2D eigenvalue weighted by Crippen LogP contribution is 2.34. The van der Waals surface area contributed by atoms with Crippen LogP contribution in [-0.4, -0.2) is 34.7 Å². The summed E-state index contributed by atoms with van der Waals surface area (Å²) in [6.45, 7) is 0.637. The number of thiophene rings is 1. The summed E-state index contributed by atoms with van der Waals surface area (Å²) in [5.41, 5.74) is 1.55. The first-order chi connectivity index (χ1) is 11.5. The van der Waals surface area contributed by atoms with Gasteiger partial charge in [0.2, 0.25) is 0 Å². The van der Waals surface area contributed by atoms with Gasteiger partial charge in [0.1, 0.15) is 5.82 Å². The van der Waals surface area contributed by atoms with Crippen molar-refractivity contribution in [2.24, 2.45) is 7.05 Å². The zero-order chi connectivity index (χ0) is 17.3. The monoisotopic (exact) mass is 347 g/mol. The van der Waals surface area contributed by atoms with Gasteiger partial charge in [-0.05, 0) is 12.1 Å². The Hall–Kier alpha value is -2.25. The number of ether oxygens (including phenoxy) is 1. The minimum Gasteiger partial charge on any atom is -0.380 e. The van der Waals surface area contributed by atoms with Gasteiger partial charge < -0.3 is 9.64 Å². The molecule has 0 saturated carbocycles. The van der Waals surface area contributed by atoms with Gasteiger partial charge in [-0.15, -0.1) is 11.3 Å². The van der Waals surface area contributed by atoms with E-state index in [4.69, 9.17) is 4.74 Å². The Morgan fingerprint density at radius 1 is 1.46 bits per heavy atom. The molecular formula is C17H18FN3O2S. The molecule has 0 saturated heterocycles. The number of fused-ring (bicyclic) bond motifs is 1. The lowest BCUT2D eigenvalue weighted by Crippen LogP contribution is -2.26. The van der Waals surface area contributed by atoms with Crippen molar-refractivity contribution < 1.29 is 13.9 Å². The predicted octanol–water partition coefficient (Wildman–Crippen LogP) is 3.19. The number of carbonyl (C=O) groups excluding carboxylic acids is 1. The number of nitrogens with zero attached hydrogens (tertiary/aromatic N) is 3. The van der Waals surface area contributed by atoms with Gasteiger partial charge in [-0.2, -0.15) is 5.10 Å². The molecule has 0 atom stereocenters. The molecule has 0 N–H and O–H groups in total. The molecule has 24 heavy (non-hydrogen) atoms. The minimum absolute atomic E-state index is 0.147. The van der Waals surface area contributed by atoms with Gasteiger partial charge >= 0.3 is 0 Å². The average molecular weight is 347 g/mol. The van der Waals surface area contributed by atoms with Crippen LogP contribution < -0.4 is 0 Å². The fraction of sp³-hybridized carbons (Fsp3) is 0.294.